The standard InChI is InChI=1S/C21H40N2O3/c1-7-23(8-2)19(24)12-10-9-11-17-13-15-18(16-14-17)22(6)20(25)26-21(3,4)5/h17-18H,7-16H2,1-6H3. The van der Waals surface area contributed by atoms with E-state index >= 15 is 0 Å². The van der Waals surface area contributed by atoms with Crippen LogP contribution in [0.4, 0.5) is 4.79 Å². The zero-order valence-corrected chi connectivity index (χ0v) is 17.8. The molecule has 1 saturated carbocycles. The van der Waals surface area contributed by atoms with Gasteiger partial charge < -0.3 is 14.5 Å². The van der Waals surface area contributed by atoms with Gasteiger partial charge in [-0.2, -0.15) is 0 Å². The van der Waals surface area contributed by atoms with Crippen LogP contribution in [0.2, 0.25) is 0 Å². The number of ether oxygens (including phenoxy) is 1. The van der Waals surface area contributed by atoms with Crippen molar-refractivity contribution < 1.29 is 14.3 Å². The number of amides is 2. The Morgan fingerprint density at radius 1 is 1.00 bits per heavy atom. The van der Waals surface area contributed by atoms with Crippen LogP contribution in [-0.2, 0) is 9.53 Å². The van der Waals surface area contributed by atoms with Crippen molar-refractivity contribution in [3.63, 3.8) is 0 Å². The topological polar surface area (TPSA) is 49.9 Å². The highest BCUT2D eigenvalue weighted by molar-refractivity contribution is 5.76. The summed E-state index contributed by atoms with van der Waals surface area (Å²) in [5.74, 6) is 1.03. The molecule has 0 spiro atoms. The fourth-order valence-corrected chi connectivity index (χ4v) is 3.75. The number of hydrogen-bond donors (Lipinski definition) is 0. The molecule has 1 aliphatic carbocycles. The molecule has 0 aliphatic heterocycles. The highest BCUT2D eigenvalue weighted by Crippen LogP contribution is 2.31. The smallest absolute Gasteiger partial charge is 0.410 e. The van der Waals surface area contributed by atoms with Crippen molar-refractivity contribution in [1.82, 2.24) is 9.80 Å². The molecule has 5 heteroatoms. The van der Waals surface area contributed by atoms with Crippen molar-refractivity contribution in [2.45, 2.75) is 97.6 Å². The quantitative estimate of drug-likeness (QED) is 0.576. The van der Waals surface area contributed by atoms with Crippen LogP contribution in [0.25, 0.3) is 0 Å². The zero-order chi connectivity index (χ0) is 19.7. The minimum Gasteiger partial charge on any atom is -0.444 e. The van der Waals surface area contributed by atoms with Gasteiger partial charge in [0.05, 0.1) is 0 Å². The average molecular weight is 369 g/mol. The number of hydrogen-bond acceptors (Lipinski definition) is 3. The summed E-state index contributed by atoms with van der Waals surface area (Å²) in [7, 11) is 1.86. The van der Waals surface area contributed by atoms with Crippen LogP contribution in [0.3, 0.4) is 0 Å². The second-order valence-corrected chi connectivity index (χ2v) is 8.58. The summed E-state index contributed by atoms with van der Waals surface area (Å²) in [4.78, 5) is 27.9. The first-order valence-electron chi connectivity index (χ1n) is 10.4. The summed E-state index contributed by atoms with van der Waals surface area (Å²) in [6, 6.07) is 0.297. The SMILES string of the molecule is CCN(CC)C(=O)CCCCC1CCC(N(C)C(=O)OC(C)(C)C)CC1. The molecule has 0 aromatic rings. The van der Waals surface area contributed by atoms with Crippen molar-refractivity contribution in [1.29, 1.82) is 0 Å². The summed E-state index contributed by atoms with van der Waals surface area (Å²) < 4.78 is 5.47. The Balaban J connectivity index is 2.24. The van der Waals surface area contributed by atoms with Crippen molar-refractivity contribution in [3.8, 4) is 0 Å². The lowest BCUT2D eigenvalue weighted by Crippen LogP contribution is -2.42. The highest BCUT2D eigenvalue weighted by Gasteiger charge is 2.29. The predicted octanol–water partition coefficient (Wildman–Crippen LogP) is 4.84. The van der Waals surface area contributed by atoms with E-state index in [1.807, 2.05) is 46.6 Å². The lowest BCUT2D eigenvalue weighted by Gasteiger charge is -2.35. The van der Waals surface area contributed by atoms with E-state index in [1.54, 1.807) is 4.90 Å². The van der Waals surface area contributed by atoms with Gasteiger partial charge in [0.2, 0.25) is 5.91 Å². The van der Waals surface area contributed by atoms with E-state index in [1.165, 1.54) is 19.3 Å². The predicted molar refractivity (Wildman–Crippen MR) is 106 cm³/mol. The molecule has 1 fully saturated rings. The molecule has 0 radical (unpaired) electrons. The van der Waals surface area contributed by atoms with Crippen molar-refractivity contribution in [2.75, 3.05) is 20.1 Å². The van der Waals surface area contributed by atoms with E-state index in [9.17, 15) is 9.59 Å². The minimum absolute atomic E-state index is 0.212. The summed E-state index contributed by atoms with van der Waals surface area (Å²) >= 11 is 0. The van der Waals surface area contributed by atoms with E-state index in [2.05, 4.69) is 0 Å². The summed E-state index contributed by atoms with van der Waals surface area (Å²) in [5, 5.41) is 0. The van der Waals surface area contributed by atoms with Gasteiger partial charge in [-0.25, -0.2) is 4.79 Å². The van der Waals surface area contributed by atoms with Gasteiger partial charge in [-0.15, -0.1) is 0 Å². The van der Waals surface area contributed by atoms with Crippen LogP contribution in [0.1, 0.15) is 86.0 Å². The molecule has 1 aliphatic rings. The molecular formula is C21H40N2O3. The molecule has 0 aromatic heterocycles. The third-order valence-electron chi connectivity index (χ3n) is 5.41. The van der Waals surface area contributed by atoms with E-state index in [0.717, 1.165) is 44.7 Å². The lowest BCUT2D eigenvalue weighted by molar-refractivity contribution is -0.130. The van der Waals surface area contributed by atoms with Crippen LogP contribution in [0, 0.1) is 5.92 Å². The van der Waals surface area contributed by atoms with Gasteiger partial charge in [-0.1, -0.05) is 12.8 Å². The van der Waals surface area contributed by atoms with Crippen LogP contribution in [0.15, 0.2) is 0 Å². The molecule has 2 amide bonds. The molecular weight excluding hydrogens is 328 g/mol. The van der Waals surface area contributed by atoms with Crippen molar-refractivity contribution in [2.24, 2.45) is 5.92 Å². The lowest BCUT2D eigenvalue weighted by atomic mass is 9.82. The van der Waals surface area contributed by atoms with Gasteiger partial charge in [0.1, 0.15) is 5.60 Å². The van der Waals surface area contributed by atoms with Crippen molar-refractivity contribution in [3.05, 3.63) is 0 Å². The van der Waals surface area contributed by atoms with E-state index in [4.69, 9.17) is 4.74 Å². The minimum atomic E-state index is -0.439. The maximum Gasteiger partial charge on any atom is 0.410 e. The van der Waals surface area contributed by atoms with Gasteiger partial charge in [-0.05, 0) is 72.6 Å². The largest absolute Gasteiger partial charge is 0.444 e. The fraction of sp³-hybridized carbons (Fsp3) is 0.905. The average Bonchev–Trinajstić information content (AvgIpc) is 2.58. The molecule has 0 unspecified atom stereocenters. The number of carbonyl (C=O) groups excluding carboxylic acids is 2. The van der Waals surface area contributed by atoms with E-state index in [0.29, 0.717) is 12.5 Å². The monoisotopic (exact) mass is 368 g/mol. The second-order valence-electron chi connectivity index (χ2n) is 8.58. The Morgan fingerprint density at radius 3 is 2.08 bits per heavy atom. The number of unbranched alkanes of at least 4 members (excludes halogenated alkanes) is 1. The van der Waals surface area contributed by atoms with Crippen LogP contribution in [-0.4, -0.2) is 53.6 Å². The van der Waals surface area contributed by atoms with E-state index < -0.39 is 5.60 Å². The molecule has 0 saturated heterocycles. The van der Waals surface area contributed by atoms with Gasteiger partial charge in [0.25, 0.3) is 0 Å². The molecule has 152 valence electrons. The van der Waals surface area contributed by atoms with Crippen LogP contribution < -0.4 is 0 Å². The van der Waals surface area contributed by atoms with Gasteiger partial charge in [0.15, 0.2) is 0 Å². The second kappa shape index (κ2) is 10.8. The maximum atomic E-state index is 12.2. The highest BCUT2D eigenvalue weighted by atomic mass is 16.6. The summed E-state index contributed by atoms with van der Waals surface area (Å²) in [5.41, 5.74) is -0.439. The van der Waals surface area contributed by atoms with Crippen LogP contribution >= 0.6 is 0 Å². The Hall–Kier alpha value is -1.26. The molecule has 0 heterocycles. The zero-order valence-electron chi connectivity index (χ0n) is 17.8. The third kappa shape index (κ3) is 7.96. The Morgan fingerprint density at radius 2 is 1.58 bits per heavy atom. The molecule has 0 atom stereocenters. The molecule has 0 N–H and O–H groups in total. The Kier molecular flexibility index (Phi) is 9.45. The molecule has 0 bridgehead atoms. The first-order valence-corrected chi connectivity index (χ1v) is 10.4. The van der Waals surface area contributed by atoms with E-state index in [-0.39, 0.29) is 12.0 Å². The Bertz CT molecular complexity index is 433. The molecule has 26 heavy (non-hydrogen) atoms. The first kappa shape index (κ1) is 22.8. The van der Waals surface area contributed by atoms with Crippen LogP contribution in [0.5, 0.6) is 0 Å². The Labute approximate surface area is 160 Å². The van der Waals surface area contributed by atoms with Gasteiger partial charge in [-0.3, -0.25) is 4.79 Å². The number of carbonyl (C=O) groups is 2. The maximum absolute atomic E-state index is 12.2. The number of rotatable bonds is 8. The fourth-order valence-electron chi connectivity index (χ4n) is 3.75. The molecule has 5 nitrogen and oxygen atoms in total. The molecule has 0 aromatic carbocycles. The summed E-state index contributed by atoms with van der Waals surface area (Å²) in [6.45, 7) is 11.4. The van der Waals surface area contributed by atoms with Gasteiger partial charge >= 0.3 is 6.09 Å². The van der Waals surface area contributed by atoms with Crippen molar-refractivity contribution >= 4 is 12.0 Å². The molecule has 1 rings (SSSR count). The number of nitrogens with zero attached hydrogens (tertiary/aromatic N) is 2. The third-order valence-corrected chi connectivity index (χ3v) is 5.41. The van der Waals surface area contributed by atoms with Gasteiger partial charge in [0, 0.05) is 32.6 Å². The normalized spacial score (nSPS) is 20.5. The summed E-state index contributed by atoms with van der Waals surface area (Å²) in [6.07, 6.45) is 8.24. The first-order chi connectivity index (χ1) is 12.2.